The summed E-state index contributed by atoms with van der Waals surface area (Å²) in [6, 6.07) is 6.36. The van der Waals surface area contributed by atoms with Gasteiger partial charge in [0.25, 0.3) is 0 Å². The molecule has 0 saturated carbocycles. The average molecular weight is 246 g/mol. The maximum atomic E-state index is 11.8. The van der Waals surface area contributed by atoms with Crippen LogP contribution in [0.15, 0.2) is 30.3 Å². The predicted molar refractivity (Wildman–Crippen MR) is 65.9 cm³/mol. The van der Waals surface area contributed by atoms with E-state index < -0.39 is 11.7 Å². The molecule has 0 heterocycles. The van der Waals surface area contributed by atoms with Gasteiger partial charge in [0.1, 0.15) is 0 Å². The second-order valence-corrected chi connectivity index (χ2v) is 3.92. The molecule has 1 aromatic rings. The lowest BCUT2D eigenvalue weighted by Gasteiger charge is -2.03. The molecule has 0 spiro atoms. The molecule has 0 bridgehead atoms. The van der Waals surface area contributed by atoms with Crippen LogP contribution >= 0.6 is 0 Å². The van der Waals surface area contributed by atoms with Gasteiger partial charge in [0.15, 0.2) is 0 Å². The lowest BCUT2D eigenvalue weighted by Crippen LogP contribution is -2.03. The van der Waals surface area contributed by atoms with E-state index in [1.165, 1.54) is 44.2 Å². The zero-order valence-corrected chi connectivity index (χ0v) is 10.6. The van der Waals surface area contributed by atoms with Crippen LogP contribution in [0.5, 0.6) is 0 Å². The van der Waals surface area contributed by atoms with E-state index in [0.29, 0.717) is 0 Å². The maximum absolute atomic E-state index is 11.8. The highest BCUT2D eigenvalue weighted by Gasteiger charge is 2.29. The Hall–Kier alpha value is -0.990. The van der Waals surface area contributed by atoms with Crippen molar-refractivity contribution in [3.63, 3.8) is 0 Å². The van der Waals surface area contributed by atoms with Crippen molar-refractivity contribution in [2.45, 2.75) is 52.1 Å². The maximum Gasteiger partial charge on any atom is 0.416 e. The summed E-state index contributed by atoms with van der Waals surface area (Å²) in [5, 5.41) is 0. The Morgan fingerprint density at radius 3 is 1.59 bits per heavy atom. The number of hydrogen-bond acceptors (Lipinski definition) is 0. The Morgan fingerprint density at radius 2 is 1.29 bits per heavy atom. The van der Waals surface area contributed by atoms with Crippen LogP contribution in [-0.4, -0.2) is 0 Å². The first kappa shape index (κ1) is 16.0. The monoisotopic (exact) mass is 246 g/mol. The van der Waals surface area contributed by atoms with Crippen LogP contribution in [0.25, 0.3) is 0 Å². The van der Waals surface area contributed by atoms with Crippen LogP contribution in [0.2, 0.25) is 0 Å². The largest absolute Gasteiger partial charge is 0.416 e. The Bertz CT molecular complexity index is 261. The third-order valence-electron chi connectivity index (χ3n) is 2.31. The topological polar surface area (TPSA) is 0 Å². The van der Waals surface area contributed by atoms with Gasteiger partial charge < -0.3 is 0 Å². The summed E-state index contributed by atoms with van der Waals surface area (Å²) in [6.07, 6.45) is 2.80. The second-order valence-electron chi connectivity index (χ2n) is 3.92. The van der Waals surface area contributed by atoms with Gasteiger partial charge in [-0.25, -0.2) is 0 Å². The molecule has 0 amide bonds. The average Bonchev–Trinajstić information content (AvgIpc) is 2.31. The molecular formula is C14H21F3. The van der Waals surface area contributed by atoms with E-state index in [9.17, 15) is 13.2 Å². The number of hydrogen-bond donors (Lipinski definition) is 0. The summed E-state index contributed by atoms with van der Waals surface area (Å²) in [6.45, 7) is 4.49. The third-order valence-corrected chi connectivity index (χ3v) is 2.31. The van der Waals surface area contributed by atoms with Gasteiger partial charge >= 0.3 is 6.18 Å². The van der Waals surface area contributed by atoms with Gasteiger partial charge in [0.2, 0.25) is 0 Å². The third kappa shape index (κ3) is 8.78. The SMILES string of the molecule is CCCCCCC.FC(F)(F)c1ccccc1. The zero-order chi connectivity index (χ0) is 13.1. The van der Waals surface area contributed by atoms with E-state index in [1.807, 2.05) is 0 Å². The van der Waals surface area contributed by atoms with Gasteiger partial charge in [-0.1, -0.05) is 76.3 Å². The quantitative estimate of drug-likeness (QED) is 0.599. The highest BCUT2D eigenvalue weighted by atomic mass is 19.4. The van der Waals surface area contributed by atoms with Crippen molar-refractivity contribution < 1.29 is 13.2 Å². The molecule has 0 unspecified atom stereocenters. The van der Waals surface area contributed by atoms with Crippen molar-refractivity contribution in [2.75, 3.05) is 0 Å². The highest BCUT2D eigenvalue weighted by molar-refractivity contribution is 5.17. The number of benzene rings is 1. The number of unbranched alkanes of at least 4 members (excludes halogenated alkanes) is 4. The van der Waals surface area contributed by atoms with Crippen LogP contribution in [-0.2, 0) is 6.18 Å². The summed E-state index contributed by atoms with van der Waals surface area (Å²) in [5.41, 5.74) is -0.602. The summed E-state index contributed by atoms with van der Waals surface area (Å²) < 4.78 is 35.4. The molecule has 17 heavy (non-hydrogen) atoms. The molecule has 1 rings (SSSR count). The molecule has 0 saturated heterocycles. The smallest absolute Gasteiger partial charge is 0.166 e. The standard InChI is InChI=1S/C7H5F3.C7H16/c8-7(9,10)6-4-2-1-3-5-6;1-3-5-7-6-4-2/h1-5H;3-7H2,1-2H3. The summed E-state index contributed by atoms with van der Waals surface area (Å²) in [4.78, 5) is 0. The van der Waals surface area contributed by atoms with Crippen LogP contribution in [0, 0.1) is 0 Å². The van der Waals surface area contributed by atoms with E-state index in [1.54, 1.807) is 6.07 Å². The van der Waals surface area contributed by atoms with E-state index in [-0.39, 0.29) is 0 Å². The van der Waals surface area contributed by atoms with Crippen molar-refractivity contribution in [3.8, 4) is 0 Å². The van der Waals surface area contributed by atoms with Gasteiger partial charge in [-0.3, -0.25) is 0 Å². The van der Waals surface area contributed by atoms with Crippen LogP contribution in [0.3, 0.4) is 0 Å². The molecule has 0 aliphatic carbocycles. The van der Waals surface area contributed by atoms with Crippen molar-refractivity contribution in [3.05, 3.63) is 35.9 Å². The number of halogens is 3. The van der Waals surface area contributed by atoms with Gasteiger partial charge in [0, 0.05) is 0 Å². The van der Waals surface area contributed by atoms with Gasteiger partial charge in [0.05, 0.1) is 5.56 Å². The second kappa shape index (κ2) is 9.08. The lowest BCUT2D eigenvalue weighted by molar-refractivity contribution is -0.137. The van der Waals surface area contributed by atoms with Crippen LogP contribution < -0.4 is 0 Å². The molecule has 0 aromatic heterocycles. The first-order chi connectivity index (χ1) is 8.02. The van der Waals surface area contributed by atoms with E-state index >= 15 is 0 Å². The fourth-order valence-electron chi connectivity index (χ4n) is 1.30. The van der Waals surface area contributed by atoms with Crippen LogP contribution in [0.4, 0.5) is 13.2 Å². The molecule has 3 heteroatoms. The van der Waals surface area contributed by atoms with Crippen molar-refractivity contribution >= 4 is 0 Å². The molecule has 0 nitrogen and oxygen atoms in total. The first-order valence-corrected chi connectivity index (χ1v) is 6.14. The Labute approximate surface area is 102 Å². The fourth-order valence-corrected chi connectivity index (χ4v) is 1.30. The molecular weight excluding hydrogens is 225 g/mol. The molecule has 0 atom stereocenters. The highest BCUT2D eigenvalue weighted by Crippen LogP contribution is 2.28. The minimum atomic E-state index is -4.21. The Balaban J connectivity index is 0.000000325. The van der Waals surface area contributed by atoms with Crippen molar-refractivity contribution in [1.82, 2.24) is 0 Å². The summed E-state index contributed by atoms with van der Waals surface area (Å²) in [7, 11) is 0. The molecule has 0 fully saturated rings. The van der Waals surface area contributed by atoms with E-state index in [0.717, 1.165) is 12.1 Å². The molecule has 0 N–H and O–H groups in total. The van der Waals surface area contributed by atoms with Gasteiger partial charge in [-0.05, 0) is 0 Å². The molecule has 0 radical (unpaired) electrons. The zero-order valence-electron chi connectivity index (χ0n) is 10.6. The molecule has 0 aliphatic rings. The number of rotatable bonds is 4. The summed E-state index contributed by atoms with van der Waals surface area (Å²) >= 11 is 0. The van der Waals surface area contributed by atoms with Gasteiger partial charge in [-0.15, -0.1) is 0 Å². The van der Waals surface area contributed by atoms with Gasteiger partial charge in [-0.2, -0.15) is 13.2 Å². The van der Waals surface area contributed by atoms with Crippen molar-refractivity contribution in [2.24, 2.45) is 0 Å². The minimum Gasteiger partial charge on any atom is -0.166 e. The molecule has 98 valence electrons. The number of alkyl halides is 3. The summed E-state index contributed by atoms with van der Waals surface area (Å²) in [5.74, 6) is 0. The van der Waals surface area contributed by atoms with Crippen LogP contribution in [0.1, 0.15) is 51.5 Å². The van der Waals surface area contributed by atoms with E-state index in [4.69, 9.17) is 0 Å². The fraction of sp³-hybridized carbons (Fsp3) is 0.571. The lowest BCUT2D eigenvalue weighted by atomic mass is 10.2. The Morgan fingerprint density at radius 1 is 0.824 bits per heavy atom. The predicted octanol–water partition coefficient (Wildman–Crippen LogP) is 5.68. The normalized spacial score (nSPS) is 10.6. The van der Waals surface area contributed by atoms with Crippen molar-refractivity contribution in [1.29, 1.82) is 0 Å². The first-order valence-electron chi connectivity index (χ1n) is 6.14. The minimum absolute atomic E-state index is 0.602. The Kier molecular flexibility index (Phi) is 8.55. The molecule has 1 aromatic carbocycles. The molecule has 0 aliphatic heterocycles. The van der Waals surface area contributed by atoms with E-state index in [2.05, 4.69) is 13.8 Å².